The topological polar surface area (TPSA) is 67.2 Å². The van der Waals surface area contributed by atoms with Gasteiger partial charge in [-0.1, -0.05) is 30.3 Å². The second kappa shape index (κ2) is 6.57. The maximum absolute atomic E-state index is 9.52. The van der Waals surface area contributed by atoms with Crippen molar-refractivity contribution in [3.8, 4) is 17.6 Å². The van der Waals surface area contributed by atoms with Crippen molar-refractivity contribution >= 4 is 16.6 Å². The van der Waals surface area contributed by atoms with Gasteiger partial charge in [0.2, 0.25) is 0 Å². The first-order valence-corrected chi connectivity index (χ1v) is 8.55. The molecule has 0 spiro atoms. The summed E-state index contributed by atoms with van der Waals surface area (Å²) in [6.07, 6.45) is 2.44. The van der Waals surface area contributed by atoms with Crippen LogP contribution in [0.15, 0.2) is 42.6 Å². The number of benzene rings is 2. The number of para-hydroxylation sites is 2. The number of nitrogens with zero attached hydrogens (tertiary/aromatic N) is 2. The zero-order valence-electron chi connectivity index (χ0n) is 14.7. The molecular formula is C21H19N3O2. The van der Waals surface area contributed by atoms with Crippen LogP contribution >= 0.6 is 0 Å². The van der Waals surface area contributed by atoms with Crippen LogP contribution < -0.4 is 14.8 Å². The minimum Gasteiger partial charge on any atom is -0.493 e. The molecule has 0 aliphatic carbocycles. The van der Waals surface area contributed by atoms with Gasteiger partial charge in [0, 0.05) is 17.1 Å². The fourth-order valence-electron chi connectivity index (χ4n) is 3.46. The first-order valence-electron chi connectivity index (χ1n) is 8.55. The average Bonchev–Trinajstić information content (AvgIpc) is 2.68. The number of rotatable bonds is 3. The summed E-state index contributed by atoms with van der Waals surface area (Å²) in [4.78, 5) is 4.45. The van der Waals surface area contributed by atoms with Crippen molar-refractivity contribution in [1.29, 1.82) is 5.26 Å². The van der Waals surface area contributed by atoms with E-state index in [2.05, 4.69) is 16.4 Å². The van der Waals surface area contributed by atoms with Crippen LogP contribution in [0, 0.1) is 18.3 Å². The highest BCUT2D eigenvalue weighted by Gasteiger charge is 2.24. The third-order valence-electron chi connectivity index (χ3n) is 4.74. The fraction of sp³-hybridized carbons (Fsp3) is 0.238. The van der Waals surface area contributed by atoms with E-state index in [4.69, 9.17) is 9.47 Å². The Hall–Kier alpha value is -3.26. The number of hydrogen-bond donors (Lipinski definition) is 1. The Kier molecular flexibility index (Phi) is 4.10. The number of fused-ring (bicyclic) bond motifs is 2. The number of nitrogens with one attached hydrogen (secondary N) is 1. The summed E-state index contributed by atoms with van der Waals surface area (Å²) in [6.45, 7) is 2.53. The van der Waals surface area contributed by atoms with Crippen molar-refractivity contribution in [2.45, 2.75) is 19.4 Å². The smallest absolute Gasteiger partial charge is 0.164 e. The number of nitriles is 1. The molecule has 1 aliphatic rings. The molecule has 0 radical (unpaired) electrons. The van der Waals surface area contributed by atoms with Gasteiger partial charge in [-0.05, 0) is 25.0 Å². The minimum absolute atomic E-state index is 0.0628. The van der Waals surface area contributed by atoms with Crippen LogP contribution in [0.5, 0.6) is 11.5 Å². The molecule has 0 fully saturated rings. The van der Waals surface area contributed by atoms with Crippen molar-refractivity contribution < 1.29 is 9.47 Å². The third kappa shape index (κ3) is 2.70. The first-order chi connectivity index (χ1) is 12.7. The van der Waals surface area contributed by atoms with E-state index in [-0.39, 0.29) is 6.04 Å². The van der Waals surface area contributed by atoms with E-state index >= 15 is 0 Å². The summed E-state index contributed by atoms with van der Waals surface area (Å²) in [5, 5.41) is 14.0. The van der Waals surface area contributed by atoms with E-state index in [9.17, 15) is 5.26 Å². The van der Waals surface area contributed by atoms with E-state index < -0.39 is 0 Å². The summed E-state index contributed by atoms with van der Waals surface area (Å²) in [5.74, 6) is 1.56. The van der Waals surface area contributed by atoms with Crippen LogP contribution in [0.2, 0.25) is 0 Å². The van der Waals surface area contributed by atoms with E-state index in [0.29, 0.717) is 12.2 Å². The lowest BCUT2D eigenvalue weighted by molar-refractivity contribution is 0.256. The lowest BCUT2D eigenvalue weighted by Gasteiger charge is -2.28. The van der Waals surface area contributed by atoms with Crippen molar-refractivity contribution in [2.24, 2.45) is 0 Å². The monoisotopic (exact) mass is 345 g/mol. The molecule has 1 aliphatic heterocycles. The van der Waals surface area contributed by atoms with E-state index in [1.54, 1.807) is 13.3 Å². The Morgan fingerprint density at radius 3 is 2.92 bits per heavy atom. The number of aryl methyl sites for hydroxylation is 1. The molecule has 0 saturated heterocycles. The second-order valence-electron chi connectivity index (χ2n) is 6.43. The van der Waals surface area contributed by atoms with Crippen molar-refractivity contribution in [1.82, 2.24) is 4.98 Å². The molecule has 1 N–H and O–H groups in total. The van der Waals surface area contributed by atoms with Crippen LogP contribution in [-0.4, -0.2) is 24.7 Å². The van der Waals surface area contributed by atoms with E-state index in [1.807, 2.05) is 43.3 Å². The Labute approximate surface area is 152 Å². The molecule has 26 heavy (non-hydrogen) atoms. The first kappa shape index (κ1) is 16.2. The normalized spacial score (nSPS) is 15.7. The third-order valence-corrected chi connectivity index (χ3v) is 4.74. The lowest BCUT2D eigenvalue weighted by atomic mass is 10.0. The van der Waals surface area contributed by atoms with Crippen LogP contribution in [0.25, 0.3) is 10.9 Å². The van der Waals surface area contributed by atoms with Crippen LogP contribution in [0.4, 0.5) is 5.69 Å². The van der Waals surface area contributed by atoms with Crippen LogP contribution in [0.1, 0.15) is 16.7 Å². The van der Waals surface area contributed by atoms with Gasteiger partial charge in [0.15, 0.2) is 11.5 Å². The van der Waals surface area contributed by atoms with Crippen molar-refractivity contribution in [3.05, 3.63) is 59.3 Å². The molecule has 3 aromatic rings. The standard InChI is InChI=1S/C21H19N3O2/c1-13-5-3-7-17-19(13)23-11-15(10-22)20(17)24-16-9-14-6-4-8-18(25-2)21(14)26-12-16/h3-8,11,16H,9,12H2,1-2H3,(H,23,24). The summed E-state index contributed by atoms with van der Waals surface area (Å²) in [7, 11) is 1.65. The highest BCUT2D eigenvalue weighted by Crippen LogP contribution is 2.36. The Bertz CT molecular complexity index is 1020. The lowest BCUT2D eigenvalue weighted by Crippen LogP contribution is -2.33. The van der Waals surface area contributed by atoms with Gasteiger partial charge in [-0.25, -0.2) is 0 Å². The van der Waals surface area contributed by atoms with Gasteiger partial charge in [0.05, 0.1) is 29.9 Å². The molecule has 5 heteroatoms. The number of methoxy groups -OCH3 is 1. The second-order valence-corrected chi connectivity index (χ2v) is 6.43. The average molecular weight is 345 g/mol. The number of pyridine rings is 1. The summed E-state index contributed by atoms with van der Waals surface area (Å²) in [6, 6.07) is 14.2. The molecule has 1 aromatic heterocycles. The van der Waals surface area contributed by atoms with E-state index in [1.165, 1.54) is 0 Å². The highest BCUT2D eigenvalue weighted by atomic mass is 16.5. The van der Waals surface area contributed by atoms with Crippen molar-refractivity contribution in [2.75, 3.05) is 19.0 Å². The number of anilines is 1. The zero-order valence-corrected chi connectivity index (χ0v) is 14.7. The Morgan fingerprint density at radius 1 is 1.27 bits per heavy atom. The maximum atomic E-state index is 9.52. The predicted octanol–water partition coefficient (Wildman–Crippen LogP) is 3.84. The van der Waals surface area contributed by atoms with Gasteiger partial charge in [-0.2, -0.15) is 5.26 Å². The molecule has 0 bridgehead atoms. The highest BCUT2D eigenvalue weighted by molar-refractivity contribution is 5.95. The Morgan fingerprint density at radius 2 is 2.12 bits per heavy atom. The maximum Gasteiger partial charge on any atom is 0.164 e. The molecule has 1 atom stereocenters. The Balaban J connectivity index is 1.70. The van der Waals surface area contributed by atoms with E-state index in [0.717, 1.165) is 45.6 Å². The fourth-order valence-corrected chi connectivity index (χ4v) is 3.46. The SMILES string of the molecule is COc1cccc2c1OCC(Nc1c(C#N)cnc3c(C)cccc13)C2. The van der Waals surface area contributed by atoms with Gasteiger partial charge in [0.25, 0.3) is 0 Å². The molecule has 0 saturated carbocycles. The molecule has 130 valence electrons. The van der Waals surface area contributed by atoms with Gasteiger partial charge in [0.1, 0.15) is 12.7 Å². The number of aromatic nitrogens is 1. The molecule has 4 rings (SSSR count). The molecule has 2 aromatic carbocycles. The molecule has 1 unspecified atom stereocenters. The zero-order chi connectivity index (χ0) is 18.1. The molecule has 5 nitrogen and oxygen atoms in total. The molecule has 0 amide bonds. The van der Waals surface area contributed by atoms with Gasteiger partial charge >= 0.3 is 0 Å². The minimum atomic E-state index is 0.0628. The van der Waals surface area contributed by atoms with Crippen molar-refractivity contribution in [3.63, 3.8) is 0 Å². The quantitative estimate of drug-likeness (QED) is 0.781. The summed E-state index contributed by atoms with van der Waals surface area (Å²) < 4.78 is 11.3. The van der Waals surface area contributed by atoms with Gasteiger partial charge < -0.3 is 14.8 Å². The largest absolute Gasteiger partial charge is 0.493 e. The van der Waals surface area contributed by atoms with Gasteiger partial charge in [-0.15, -0.1) is 0 Å². The number of ether oxygens (including phenoxy) is 2. The number of hydrogen-bond acceptors (Lipinski definition) is 5. The van der Waals surface area contributed by atoms with Crippen LogP contribution in [0.3, 0.4) is 0 Å². The predicted molar refractivity (Wildman–Crippen MR) is 101 cm³/mol. The van der Waals surface area contributed by atoms with Crippen LogP contribution in [-0.2, 0) is 6.42 Å². The summed E-state index contributed by atoms with van der Waals surface area (Å²) in [5.41, 5.74) is 4.46. The molecule has 2 heterocycles. The molecular weight excluding hydrogens is 326 g/mol. The van der Waals surface area contributed by atoms with Gasteiger partial charge in [-0.3, -0.25) is 4.98 Å². The summed E-state index contributed by atoms with van der Waals surface area (Å²) >= 11 is 0.